The van der Waals surface area contributed by atoms with Gasteiger partial charge in [-0.3, -0.25) is 4.68 Å². The van der Waals surface area contributed by atoms with E-state index in [0.29, 0.717) is 24.4 Å². The third-order valence-corrected chi connectivity index (χ3v) is 5.51. The van der Waals surface area contributed by atoms with Gasteiger partial charge in [0.2, 0.25) is 0 Å². The number of hydrogen-bond donors (Lipinski definition) is 1. The van der Waals surface area contributed by atoms with Crippen molar-refractivity contribution in [3.63, 3.8) is 0 Å². The van der Waals surface area contributed by atoms with Gasteiger partial charge < -0.3 is 15.0 Å². The highest BCUT2D eigenvalue weighted by Crippen LogP contribution is 2.27. The lowest BCUT2D eigenvalue weighted by Gasteiger charge is -2.37. The number of aromatic nitrogens is 4. The van der Waals surface area contributed by atoms with Crippen LogP contribution in [0.3, 0.4) is 0 Å². The van der Waals surface area contributed by atoms with E-state index in [1.165, 1.54) is 5.56 Å². The molecule has 4 rings (SSSR count). The van der Waals surface area contributed by atoms with Crippen LogP contribution in [0.5, 0.6) is 0 Å². The number of piperidine rings is 1. The van der Waals surface area contributed by atoms with Crippen LogP contribution in [0.15, 0.2) is 36.5 Å². The molecule has 1 aliphatic rings. The van der Waals surface area contributed by atoms with E-state index in [0.717, 1.165) is 42.8 Å². The smallest absolute Gasteiger partial charge is 0.163 e. The Morgan fingerprint density at radius 3 is 2.79 bits per heavy atom. The molecule has 1 fully saturated rings. The fraction of sp³-hybridized carbons (Fsp3) is 0.476. The molecule has 0 bridgehead atoms. The zero-order valence-corrected chi connectivity index (χ0v) is 16.8. The van der Waals surface area contributed by atoms with Crippen molar-refractivity contribution in [2.24, 2.45) is 13.0 Å². The summed E-state index contributed by atoms with van der Waals surface area (Å²) < 4.78 is 7.05. The molecule has 2 aromatic heterocycles. The monoisotopic (exact) mass is 380 g/mol. The number of aryl methyl sites for hydroxylation is 1. The highest BCUT2D eigenvalue weighted by molar-refractivity contribution is 5.86. The number of methoxy groups -OCH3 is 1. The number of likely N-dealkylation sites (tertiary alicyclic amines) is 1. The largest absolute Gasteiger partial charge is 0.377 e. The normalized spacial score (nSPS) is 20.5. The van der Waals surface area contributed by atoms with Gasteiger partial charge in [0.05, 0.1) is 11.6 Å². The lowest BCUT2D eigenvalue weighted by Crippen LogP contribution is -2.45. The molecule has 1 aliphatic heterocycles. The Hall–Kier alpha value is -2.51. The summed E-state index contributed by atoms with van der Waals surface area (Å²) in [6.45, 7) is 2.53. The van der Waals surface area contributed by atoms with Crippen LogP contribution in [0.4, 0.5) is 5.82 Å². The molecule has 0 unspecified atom stereocenters. The topological polar surface area (TPSA) is 68.1 Å². The Bertz CT molecular complexity index is 925. The molecule has 1 saturated heterocycles. The summed E-state index contributed by atoms with van der Waals surface area (Å²) in [7, 11) is 5.77. The van der Waals surface area contributed by atoms with Crippen molar-refractivity contribution in [1.82, 2.24) is 24.6 Å². The van der Waals surface area contributed by atoms with Crippen LogP contribution >= 0.6 is 0 Å². The first kappa shape index (κ1) is 18.8. The van der Waals surface area contributed by atoms with Crippen LogP contribution in [0, 0.1) is 5.92 Å². The summed E-state index contributed by atoms with van der Waals surface area (Å²) in [5.74, 6) is 2.04. The van der Waals surface area contributed by atoms with Crippen LogP contribution in [0.1, 0.15) is 17.8 Å². The van der Waals surface area contributed by atoms with Crippen molar-refractivity contribution in [2.45, 2.75) is 25.5 Å². The maximum Gasteiger partial charge on any atom is 0.163 e. The van der Waals surface area contributed by atoms with Crippen LogP contribution < -0.4 is 5.32 Å². The van der Waals surface area contributed by atoms with Gasteiger partial charge in [0.15, 0.2) is 11.5 Å². The standard InChI is InChI=1S/C21H28N6O/c1-26-10-9-18(16(13-26)11-15-7-5-4-6-8-15)23-20-17-12-22-27(2)21(17)25-19(24-20)14-28-3/h4-8,12,16,18H,9-11,13-14H2,1-3H3,(H,23,24,25)/t16-,18+/m1/s1. The van der Waals surface area contributed by atoms with E-state index in [4.69, 9.17) is 9.72 Å². The molecule has 0 radical (unpaired) electrons. The van der Waals surface area contributed by atoms with E-state index in [-0.39, 0.29) is 0 Å². The molecule has 28 heavy (non-hydrogen) atoms. The number of nitrogens with zero attached hydrogens (tertiary/aromatic N) is 5. The zero-order valence-electron chi connectivity index (χ0n) is 16.8. The van der Waals surface area contributed by atoms with Gasteiger partial charge in [-0.1, -0.05) is 30.3 Å². The molecule has 1 aromatic carbocycles. The zero-order chi connectivity index (χ0) is 19.5. The van der Waals surface area contributed by atoms with Gasteiger partial charge in [-0.15, -0.1) is 0 Å². The summed E-state index contributed by atoms with van der Waals surface area (Å²) >= 11 is 0. The molecule has 148 valence electrons. The molecule has 0 aliphatic carbocycles. The summed E-state index contributed by atoms with van der Waals surface area (Å²) in [6.07, 6.45) is 3.98. The molecule has 0 amide bonds. The van der Waals surface area contributed by atoms with E-state index >= 15 is 0 Å². The van der Waals surface area contributed by atoms with E-state index < -0.39 is 0 Å². The van der Waals surface area contributed by atoms with E-state index in [1.807, 2.05) is 13.2 Å². The van der Waals surface area contributed by atoms with Gasteiger partial charge in [0.25, 0.3) is 0 Å². The summed E-state index contributed by atoms with van der Waals surface area (Å²) in [4.78, 5) is 11.8. The Labute approximate surface area is 165 Å². The van der Waals surface area contributed by atoms with Gasteiger partial charge in [-0.2, -0.15) is 5.10 Å². The molecule has 3 heterocycles. The van der Waals surface area contributed by atoms with Gasteiger partial charge in [-0.25, -0.2) is 9.97 Å². The molecule has 2 atom stereocenters. The SMILES string of the molecule is COCc1nc(N[C@H]2CCN(C)C[C@H]2Cc2ccccc2)c2cnn(C)c2n1. The number of anilines is 1. The molecular weight excluding hydrogens is 352 g/mol. The summed E-state index contributed by atoms with van der Waals surface area (Å²) in [5.41, 5.74) is 2.21. The third-order valence-electron chi connectivity index (χ3n) is 5.51. The summed E-state index contributed by atoms with van der Waals surface area (Å²) in [5, 5.41) is 9.07. The highest BCUT2D eigenvalue weighted by Gasteiger charge is 2.29. The van der Waals surface area contributed by atoms with Gasteiger partial charge in [0.1, 0.15) is 12.4 Å². The quantitative estimate of drug-likeness (QED) is 0.709. The Morgan fingerprint density at radius 1 is 1.18 bits per heavy atom. The Kier molecular flexibility index (Phi) is 5.54. The molecule has 0 saturated carbocycles. The highest BCUT2D eigenvalue weighted by atomic mass is 16.5. The van der Waals surface area contributed by atoms with Crippen molar-refractivity contribution in [3.8, 4) is 0 Å². The minimum atomic E-state index is 0.352. The first-order chi connectivity index (χ1) is 13.6. The van der Waals surface area contributed by atoms with Crippen molar-refractivity contribution < 1.29 is 4.74 Å². The number of fused-ring (bicyclic) bond motifs is 1. The maximum atomic E-state index is 5.26. The van der Waals surface area contributed by atoms with Crippen molar-refractivity contribution in [2.75, 3.05) is 32.6 Å². The Balaban J connectivity index is 1.62. The molecule has 7 nitrogen and oxygen atoms in total. The van der Waals surface area contributed by atoms with Gasteiger partial charge >= 0.3 is 0 Å². The molecule has 7 heteroatoms. The van der Waals surface area contributed by atoms with Crippen LogP contribution in [-0.4, -0.2) is 57.9 Å². The maximum absolute atomic E-state index is 5.26. The summed E-state index contributed by atoms with van der Waals surface area (Å²) in [6, 6.07) is 11.1. The molecule has 0 spiro atoms. The predicted molar refractivity (Wildman–Crippen MR) is 110 cm³/mol. The Morgan fingerprint density at radius 2 is 2.00 bits per heavy atom. The predicted octanol–water partition coefficient (Wildman–Crippen LogP) is 2.48. The number of benzene rings is 1. The lowest BCUT2D eigenvalue weighted by atomic mass is 9.87. The van der Waals surface area contributed by atoms with Crippen LogP contribution in [-0.2, 0) is 24.8 Å². The lowest BCUT2D eigenvalue weighted by molar-refractivity contribution is 0.178. The molecular formula is C21H28N6O. The second-order valence-corrected chi connectivity index (χ2v) is 7.68. The minimum Gasteiger partial charge on any atom is -0.377 e. The van der Waals surface area contributed by atoms with E-state index in [2.05, 4.69) is 57.7 Å². The fourth-order valence-corrected chi connectivity index (χ4v) is 4.07. The second kappa shape index (κ2) is 8.24. The second-order valence-electron chi connectivity index (χ2n) is 7.68. The fourth-order valence-electron chi connectivity index (χ4n) is 4.07. The first-order valence-corrected chi connectivity index (χ1v) is 9.80. The van der Waals surface area contributed by atoms with E-state index in [9.17, 15) is 0 Å². The van der Waals surface area contributed by atoms with Crippen molar-refractivity contribution in [1.29, 1.82) is 0 Å². The van der Waals surface area contributed by atoms with Crippen molar-refractivity contribution >= 4 is 16.9 Å². The molecule has 1 N–H and O–H groups in total. The third kappa shape index (κ3) is 4.00. The van der Waals surface area contributed by atoms with E-state index in [1.54, 1.807) is 11.8 Å². The average molecular weight is 380 g/mol. The molecule has 3 aromatic rings. The van der Waals surface area contributed by atoms with Crippen molar-refractivity contribution in [3.05, 3.63) is 47.9 Å². The van der Waals surface area contributed by atoms with Crippen LogP contribution in [0.25, 0.3) is 11.0 Å². The average Bonchev–Trinajstić information content (AvgIpc) is 3.06. The van der Waals surface area contributed by atoms with Gasteiger partial charge in [0, 0.05) is 26.7 Å². The minimum absolute atomic E-state index is 0.352. The number of rotatable bonds is 6. The van der Waals surface area contributed by atoms with Gasteiger partial charge in [-0.05, 0) is 37.9 Å². The first-order valence-electron chi connectivity index (χ1n) is 9.80. The number of nitrogens with one attached hydrogen (secondary N) is 1. The number of hydrogen-bond acceptors (Lipinski definition) is 6. The van der Waals surface area contributed by atoms with Crippen LogP contribution in [0.2, 0.25) is 0 Å². The number of ether oxygens (including phenoxy) is 1.